The molecule has 0 radical (unpaired) electrons. The third-order valence-electron chi connectivity index (χ3n) is 2.51. The van der Waals surface area contributed by atoms with Gasteiger partial charge < -0.3 is 11.1 Å². The van der Waals surface area contributed by atoms with Crippen molar-refractivity contribution in [2.24, 2.45) is 5.10 Å². The highest BCUT2D eigenvalue weighted by atomic mass is 16.1. The predicted octanol–water partition coefficient (Wildman–Crippen LogP) is 0.646. The molecule has 0 aliphatic carbocycles. The molecule has 0 aromatic heterocycles. The molecule has 5 heteroatoms. The van der Waals surface area contributed by atoms with Gasteiger partial charge in [-0.2, -0.15) is 5.10 Å². The molecular formula is C11H14N4O. The van der Waals surface area contributed by atoms with Crippen molar-refractivity contribution in [3.05, 3.63) is 29.8 Å². The SMILES string of the molecule is CN1N=CCC1NC(=O)c1ccc(N)cc1. The molecule has 1 aromatic rings. The van der Waals surface area contributed by atoms with E-state index in [0.717, 1.165) is 6.42 Å². The van der Waals surface area contributed by atoms with Crippen LogP contribution in [-0.2, 0) is 0 Å². The van der Waals surface area contributed by atoms with Gasteiger partial charge in [0.1, 0.15) is 6.17 Å². The van der Waals surface area contributed by atoms with E-state index in [1.165, 1.54) is 0 Å². The standard InChI is InChI=1S/C11H14N4O/c1-15-10(6-7-13-15)14-11(16)8-2-4-9(12)5-3-8/h2-5,7,10H,6,12H2,1H3,(H,14,16). The van der Waals surface area contributed by atoms with Crippen LogP contribution < -0.4 is 11.1 Å². The Morgan fingerprint density at radius 1 is 1.50 bits per heavy atom. The van der Waals surface area contributed by atoms with Crippen molar-refractivity contribution in [2.75, 3.05) is 12.8 Å². The predicted molar refractivity (Wildman–Crippen MR) is 63.0 cm³/mol. The fourth-order valence-electron chi connectivity index (χ4n) is 1.53. The van der Waals surface area contributed by atoms with Crippen LogP contribution in [-0.4, -0.2) is 30.3 Å². The first-order valence-electron chi connectivity index (χ1n) is 5.08. The van der Waals surface area contributed by atoms with Crippen molar-refractivity contribution in [3.63, 3.8) is 0 Å². The molecule has 1 unspecified atom stereocenters. The Hall–Kier alpha value is -2.04. The number of rotatable bonds is 2. The van der Waals surface area contributed by atoms with Gasteiger partial charge in [0.15, 0.2) is 0 Å². The summed E-state index contributed by atoms with van der Waals surface area (Å²) in [6.45, 7) is 0. The maximum atomic E-state index is 11.8. The minimum Gasteiger partial charge on any atom is -0.399 e. The summed E-state index contributed by atoms with van der Waals surface area (Å²) >= 11 is 0. The van der Waals surface area contributed by atoms with E-state index < -0.39 is 0 Å². The van der Waals surface area contributed by atoms with Gasteiger partial charge in [-0.3, -0.25) is 9.80 Å². The van der Waals surface area contributed by atoms with E-state index in [0.29, 0.717) is 11.3 Å². The molecule has 2 rings (SSSR count). The Balaban J connectivity index is 2.00. The van der Waals surface area contributed by atoms with Crippen LogP contribution in [0.2, 0.25) is 0 Å². The summed E-state index contributed by atoms with van der Waals surface area (Å²) in [5.74, 6) is -0.109. The number of carbonyl (C=O) groups excluding carboxylic acids is 1. The number of hydrazone groups is 1. The molecule has 0 fully saturated rings. The van der Waals surface area contributed by atoms with Gasteiger partial charge in [-0.1, -0.05) is 0 Å². The van der Waals surface area contributed by atoms with E-state index >= 15 is 0 Å². The second kappa shape index (κ2) is 4.22. The highest BCUT2D eigenvalue weighted by Crippen LogP contribution is 2.08. The van der Waals surface area contributed by atoms with Gasteiger partial charge in [-0.05, 0) is 24.3 Å². The first kappa shape index (κ1) is 10.5. The zero-order valence-electron chi connectivity index (χ0n) is 9.05. The van der Waals surface area contributed by atoms with Crippen LogP contribution in [0.1, 0.15) is 16.8 Å². The molecule has 1 amide bonds. The van der Waals surface area contributed by atoms with Crippen LogP contribution >= 0.6 is 0 Å². The number of hydrogen-bond acceptors (Lipinski definition) is 4. The lowest BCUT2D eigenvalue weighted by atomic mass is 10.2. The van der Waals surface area contributed by atoms with Crippen molar-refractivity contribution < 1.29 is 4.79 Å². The molecule has 1 aliphatic rings. The van der Waals surface area contributed by atoms with Crippen LogP contribution in [0, 0.1) is 0 Å². The van der Waals surface area contributed by atoms with E-state index in [9.17, 15) is 4.79 Å². The average molecular weight is 218 g/mol. The average Bonchev–Trinajstić information content (AvgIpc) is 2.65. The highest BCUT2D eigenvalue weighted by molar-refractivity contribution is 5.94. The largest absolute Gasteiger partial charge is 0.399 e. The highest BCUT2D eigenvalue weighted by Gasteiger charge is 2.19. The lowest BCUT2D eigenvalue weighted by Crippen LogP contribution is -2.41. The van der Waals surface area contributed by atoms with Crippen LogP contribution in [0.4, 0.5) is 5.69 Å². The van der Waals surface area contributed by atoms with Crippen LogP contribution in [0.15, 0.2) is 29.4 Å². The van der Waals surface area contributed by atoms with E-state index in [-0.39, 0.29) is 12.1 Å². The minimum atomic E-state index is -0.109. The van der Waals surface area contributed by atoms with E-state index in [4.69, 9.17) is 5.73 Å². The topological polar surface area (TPSA) is 70.7 Å². The van der Waals surface area contributed by atoms with Gasteiger partial charge in [0.05, 0.1) is 0 Å². The third kappa shape index (κ3) is 2.13. The molecule has 1 atom stereocenters. The van der Waals surface area contributed by atoms with Crippen molar-refractivity contribution in [3.8, 4) is 0 Å². The van der Waals surface area contributed by atoms with Gasteiger partial charge >= 0.3 is 0 Å². The van der Waals surface area contributed by atoms with Gasteiger partial charge in [-0.25, -0.2) is 0 Å². The molecule has 1 heterocycles. The number of nitrogens with two attached hydrogens (primary N) is 1. The monoisotopic (exact) mass is 218 g/mol. The minimum absolute atomic E-state index is 0.0509. The second-order valence-electron chi connectivity index (χ2n) is 3.72. The Kier molecular flexibility index (Phi) is 2.76. The van der Waals surface area contributed by atoms with Gasteiger partial charge in [0.2, 0.25) is 0 Å². The molecule has 1 aliphatic heterocycles. The van der Waals surface area contributed by atoms with Crippen molar-refractivity contribution in [1.82, 2.24) is 10.3 Å². The summed E-state index contributed by atoms with van der Waals surface area (Å²) in [6, 6.07) is 6.84. The summed E-state index contributed by atoms with van der Waals surface area (Å²) in [5.41, 5.74) is 6.81. The molecule has 16 heavy (non-hydrogen) atoms. The number of nitrogens with zero attached hydrogens (tertiary/aromatic N) is 2. The van der Waals surface area contributed by atoms with E-state index in [2.05, 4.69) is 10.4 Å². The number of nitrogen functional groups attached to an aromatic ring is 1. The van der Waals surface area contributed by atoms with Crippen LogP contribution in [0.25, 0.3) is 0 Å². The zero-order chi connectivity index (χ0) is 11.5. The lowest BCUT2D eigenvalue weighted by Gasteiger charge is -2.20. The van der Waals surface area contributed by atoms with Gasteiger partial charge in [-0.15, -0.1) is 0 Å². The summed E-state index contributed by atoms with van der Waals surface area (Å²) < 4.78 is 0. The zero-order valence-corrected chi connectivity index (χ0v) is 9.05. The van der Waals surface area contributed by atoms with Crippen LogP contribution in [0.3, 0.4) is 0 Å². The Bertz CT molecular complexity index is 412. The Morgan fingerprint density at radius 3 is 2.75 bits per heavy atom. The maximum Gasteiger partial charge on any atom is 0.252 e. The second-order valence-corrected chi connectivity index (χ2v) is 3.72. The Morgan fingerprint density at radius 2 is 2.19 bits per heavy atom. The molecule has 3 N–H and O–H groups in total. The summed E-state index contributed by atoms with van der Waals surface area (Å²) in [6.07, 6.45) is 2.47. The molecule has 84 valence electrons. The molecule has 0 saturated carbocycles. The number of carbonyl (C=O) groups is 1. The third-order valence-corrected chi connectivity index (χ3v) is 2.51. The van der Waals surface area contributed by atoms with Crippen molar-refractivity contribution in [1.29, 1.82) is 0 Å². The smallest absolute Gasteiger partial charge is 0.252 e. The van der Waals surface area contributed by atoms with Gasteiger partial charge in [0, 0.05) is 30.9 Å². The molecule has 0 spiro atoms. The summed E-state index contributed by atoms with van der Waals surface area (Å²) in [4.78, 5) is 11.8. The number of nitrogens with one attached hydrogen (secondary N) is 1. The van der Waals surface area contributed by atoms with Gasteiger partial charge in [0.25, 0.3) is 5.91 Å². The molecule has 5 nitrogen and oxygen atoms in total. The first-order valence-corrected chi connectivity index (χ1v) is 5.08. The maximum absolute atomic E-state index is 11.8. The number of amides is 1. The summed E-state index contributed by atoms with van der Waals surface area (Å²) in [7, 11) is 1.83. The van der Waals surface area contributed by atoms with E-state index in [1.54, 1.807) is 35.5 Å². The lowest BCUT2D eigenvalue weighted by molar-refractivity contribution is 0.0892. The van der Waals surface area contributed by atoms with Crippen molar-refractivity contribution in [2.45, 2.75) is 12.6 Å². The van der Waals surface area contributed by atoms with Crippen LogP contribution in [0.5, 0.6) is 0 Å². The number of hydrogen-bond donors (Lipinski definition) is 2. The molecule has 0 saturated heterocycles. The molecular weight excluding hydrogens is 204 g/mol. The Labute approximate surface area is 93.9 Å². The number of anilines is 1. The molecule has 1 aromatic carbocycles. The first-order chi connectivity index (χ1) is 7.66. The molecule has 0 bridgehead atoms. The number of benzene rings is 1. The fraction of sp³-hybridized carbons (Fsp3) is 0.273. The summed E-state index contributed by atoms with van der Waals surface area (Å²) in [5, 5.41) is 8.67. The van der Waals surface area contributed by atoms with Crippen molar-refractivity contribution >= 4 is 17.8 Å². The quantitative estimate of drug-likeness (QED) is 0.716. The normalized spacial score (nSPS) is 18.8. The fourth-order valence-corrected chi connectivity index (χ4v) is 1.53. The van der Waals surface area contributed by atoms with E-state index in [1.807, 2.05) is 7.05 Å².